The number of rotatable bonds is 7. The summed E-state index contributed by atoms with van der Waals surface area (Å²) in [5.74, 6) is 0.00172. The summed E-state index contributed by atoms with van der Waals surface area (Å²) >= 11 is 1.20. The second-order valence-corrected chi connectivity index (χ2v) is 7.30. The zero-order chi connectivity index (χ0) is 20.1. The topological polar surface area (TPSA) is 81.9 Å². The number of anilines is 1. The minimum absolute atomic E-state index is 0.277. The van der Waals surface area contributed by atoms with Gasteiger partial charge in [0.25, 0.3) is 0 Å². The molecule has 2 aromatic carbocycles. The van der Waals surface area contributed by atoms with Crippen molar-refractivity contribution in [3.05, 3.63) is 53.8 Å². The molecule has 7 nitrogen and oxygen atoms in total. The van der Waals surface area contributed by atoms with Crippen LogP contribution in [0.25, 0.3) is 5.69 Å². The van der Waals surface area contributed by atoms with Crippen molar-refractivity contribution in [2.24, 2.45) is 0 Å². The summed E-state index contributed by atoms with van der Waals surface area (Å²) in [5.41, 5.74) is 1.61. The van der Waals surface area contributed by atoms with E-state index in [4.69, 9.17) is 4.74 Å². The van der Waals surface area contributed by atoms with Crippen LogP contribution in [0, 0.1) is 12.7 Å². The molecule has 0 saturated heterocycles. The Hall–Kier alpha value is -2.94. The van der Waals surface area contributed by atoms with E-state index >= 15 is 0 Å². The first-order valence-electron chi connectivity index (χ1n) is 8.74. The SMILES string of the molecule is CCOc1ccccc1-n1nnnc1S[C@H](C)C(=O)Nc1ccc(C)c(F)c1. The first-order valence-corrected chi connectivity index (χ1v) is 9.61. The van der Waals surface area contributed by atoms with E-state index in [2.05, 4.69) is 20.8 Å². The molecule has 28 heavy (non-hydrogen) atoms. The number of benzene rings is 2. The molecule has 0 aliphatic rings. The molecule has 0 radical (unpaired) electrons. The summed E-state index contributed by atoms with van der Waals surface area (Å²) in [6.45, 7) is 5.80. The third kappa shape index (κ3) is 4.48. The van der Waals surface area contributed by atoms with Gasteiger partial charge in [0, 0.05) is 5.69 Å². The minimum atomic E-state index is -0.506. The smallest absolute Gasteiger partial charge is 0.237 e. The molecular formula is C19H20FN5O2S. The Morgan fingerprint density at radius 3 is 2.86 bits per heavy atom. The fourth-order valence-corrected chi connectivity index (χ4v) is 3.24. The Bertz CT molecular complexity index is 978. The average molecular weight is 401 g/mol. The number of hydrogen-bond acceptors (Lipinski definition) is 6. The summed E-state index contributed by atoms with van der Waals surface area (Å²) in [7, 11) is 0. The molecule has 0 aliphatic carbocycles. The highest BCUT2D eigenvalue weighted by molar-refractivity contribution is 8.00. The van der Waals surface area contributed by atoms with Gasteiger partial charge in [-0.15, -0.1) is 5.10 Å². The van der Waals surface area contributed by atoms with Crippen molar-refractivity contribution in [1.29, 1.82) is 0 Å². The van der Waals surface area contributed by atoms with E-state index < -0.39 is 5.25 Å². The second-order valence-electron chi connectivity index (χ2n) is 5.99. The Labute approximate surface area is 166 Å². The minimum Gasteiger partial charge on any atom is -0.492 e. The van der Waals surface area contributed by atoms with Crippen molar-refractivity contribution in [3.63, 3.8) is 0 Å². The molecule has 1 atom stereocenters. The number of para-hydroxylation sites is 2. The number of carbonyl (C=O) groups excluding carboxylic acids is 1. The molecule has 0 saturated carbocycles. The Morgan fingerprint density at radius 2 is 2.11 bits per heavy atom. The molecule has 1 heterocycles. The number of hydrogen-bond donors (Lipinski definition) is 1. The Kier molecular flexibility index (Phi) is 6.25. The highest BCUT2D eigenvalue weighted by Crippen LogP contribution is 2.28. The number of thioether (sulfide) groups is 1. The number of aromatic nitrogens is 4. The molecule has 9 heteroatoms. The second kappa shape index (κ2) is 8.83. The lowest BCUT2D eigenvalue weighted by atomic mass is 10.2. The molecular weight excluding hydrogens is 381 g/mol. The zero-order valence-corrected chi connectivity index (χ0v) is 16.5. The number of tetrazole rings is 1. The number of nitrogens with one attached hydrogen (secondary N) is 1. The van der Waals surface area contributed by atoms with Crippen LogP contribution in [0.1, 0.15) is 19.4 Å². The Morgan fingerprint density at radius 1 is 1.32 bits per heavy atom. The number of amides is 1. The zero-order valence-electron chi connectivity index (χ0n) is 15.7. The quantitative estimate of drug-likeness (QED) is 0.609. The van der Waals surface area contributed by atoms with E-state index in [-0.39, 0.29) is 11.7 Å². The first kappa shape index (κ1) is 19.8. The number of halogens is 1. The van der Waals surface area contributed by atoms with Crippen molar-refractivity contribution in [2.75, 3.05) is 11.9 Å². The number of aryl methyl sites for hydroxylation is 1. The maximum atomic E-state index is 13.7. The molecule has 0 fully saturated rings. The highest BCUT2D eigenvalue weighted by atomic mass is 32.2. The summed E-state index contributed by atoms with van der Waals surface area (Å²) in [4.78, 5) is 12.5. The summed E-state index contributed by atoms with van der Waals surface area (Å²) in [6.07, 6.45) is 0. The van der Waals surface area contributed by atoms with Gasteiger partial charge in [-0.3, -0.25) is 4.79 Å². The summed E-state index contributed by atoms with van der Waals surface area (Å²) < 4.78 is 20.8. The predicted octanol–water partition coefficient (Wildman–Crippen LogP) is 3.63. The Balaban J connectivity index is 1.75. The highest BCUT2D eigenvalue weighted by Gasteiger charge is 2.21. The first-order chi connectivity index (χ1) is 13.5. The lowest BCUT2D eigenvalue weighted by Gasteiger charge is -2.13. The van der Waals surface area contributed by atoms with Crippen LogP contribution in [-0.2, 0) is 4.79 Å². The van der Waals surface area contributed by atoms with Crippen molar-refractivity contribution in [2.45, 2.75) is 31.2 Å². The van der Waals surface area contributed by atoms with Crippen LogP contribution < -0.4 is 10.1 Å². The fraction of sp³-hybridized carbons (Fsp3) is 0.263. The van der Waals surface area contributed by atoms with Gasteiger partial charge >= 0.3 is 0 Å². The van der Waals surface area contributed by atoms with E-state index in [0.717, 1.165) is 0 Å². The van der Waals surface area contributed by atoms with E-state index in [1.165, 1.54) is 22.5 Å². The standard InChI is InChI=1S/C19H20FN5O2S/c1-4-27-17-8-6-5-7-16(17)25-19(22-23-24-25)28-13(3)18(26)21-14-10-9-12(2)15(20)11-14/h5-11,13H,4H2,1-3H3,(H,21,26)/t13-/m1/s1. The number of carbonyl (C=O) groups is 1. The molecule has 0 spiro atoms. The van der Waals surface area contributed by atoms with E-state index in [1.54, 1.807) is 26.0 Å². The van der Waals surface area contributed by atoms with Gasteiger partial charge in [-0.05, 0) is 61.0 Å². The molecule has 3 rings (SSSR count). The van der Waals surface area contributed by atoms with Crippen LogP contribution in [0.2, 0.25) is 0 Å². The third-order valence-electron chi connectivity index (χ3n) is 3.92. The number of nitrogens with zero attached hydrogens (tertiary/aromatic N) is 4. The third-order valence-corrected chi connectivity index (χ3v) is 4.96. The summed E-state index contributed by atoms with van der Waals surface area (Å²) in [6, 6.07) is 12.0. The maximum absolute atomic E-state index is 13.7. The molecule has 0 unspecified atom stereocenters. The van der Waals surface area contributed by atoms with Gasteiger partial charge in [0.05, 0.1) is 11.9 Å². The molecule has 146 valence electrons. The molecule has 1 aromatic heterocycles. The van der Waals surface area contributed by atoms with Gasteiger partial charge in [-0.2, -0.15) is 4.68 Å². The van der Waals surface area contributed by atoms with Gasteiger partial charge in [0.2, 0.25) is 11.1 Å². The molecule has 1 amide bonds. The summed E-state index contributed by atoms with van der Waals surface area (Å²) in [5, 5.41) is 14.4. The van der Waals surface area contributed by atoms with E-state index in [0.29, 0.717) is 34.5 Å². The molecule has 3 aromatic rings. The number of ether oxygens (including phenoxy) is 1. The normalized spacial score (nSPS) is 11.9. The van der Waals surface area contributed by atoms with Crippen LogP contribution >= 0.6 is 11.8 Å². The van der Waals surface area contributed by atoms with Crippen LogP contribution in [0.15, 0.2) is 47.6 Å². The van der Waals surface area contributed by atoms with Gasteiger partial charge in [-0.25, -0.2) is 4.39 Å². The van der Waals surface area contributed by atoms with Gasteiger partial charge < -0.3 is 10.1 Å². The van der Waals surface area contributed by atoms with Crippen molar-refractivity contribution < 1.29 is 13.9 Å². The van der Waals surface area contributed by atoms with E-state index in [9.17, 15) is 9.18 Å². The van der Waals surface area contributed by atoms with Crippen molar-refractivity contribution in [3.8, 4) is 11.4 Å². The van der Waals surface area contributed by atoms with Crippen molar-refractivity contribution >= 4 is 23.4 Å². The van der Waals surface area contributed by atoms with Gasteiger partial charge in [0.15, 0.2) is 0 Å². The van der Waals surface area contributed by atoms with Crippen LogP contribution in [0.3, 0.4) is 0 Å². The molecule has 0 bridgehead atoms. The van der Waals surface area contributed by atoms with Crippen LogP contribution in [0.4, 0.5) is 10.1 Å². The monoisotopic (exact) mass is 401 g/mol. The largest absolute Gasteiger partial charge is 0.492 e. The maximum Gasteiger partial charge on any atom is 0.237 e. The van der Waals surface area contributed by atoms with Crippen LogP contribution in [0.5, 0.6) is 5.75 Å². The fourth-order valence-electron chi connectivity index (χ4n) is 2.44. The molecule has 1 N–H and O–H groups in total. The van der Waals surface area contributed by atoms with Gasteiger partial charge in [-0.1, -0.05) is 30.0 Å². The molecule has 0 aliphatic heterocycles. The van der Waals surface area contributed by atoms with Crippen molar-refractivity contribution in [1.82, 2.24) is 20.2 Å². The van der Waals surface area contributed by atoms with Crippen LogP contribution in [-0.4, -0.2) is 38.0 Å². The van der Waals surface area contributed by atoms with E-state index in [1.807, 2.05) is 31.2 Å². The lowest BCUT2D eigenvalue weighted by molar-refractivity contribution is -0.115. The lowest BCUT2D eigenvalue weighted by Crippen LogP contribution is -2.23. The van der Waals surface area contributed by atoms with Gasteiger partial charge in [0.1, 0.15) is 17.3 Å². The average Bonchev–Trinajstić information content (AvgIpc) is 3.13. The predicted molar refractivity (Wildman–Crippen MR) is 105 cm³/mol.